The van der Waals surface area contributed by atoms with Crippen LogP contribution in [0.2, 0.25) is 0 Å². The minimum absolute atomic E-state index is 0.0685. The maximum absolute atomic E-state index is 11.6. The van der Waals surface area contributed by atoms with Gasteiger partial charge in [0.2, 0.25) is 5.91 Å². The van der Waals surface area contributed by atoms with E-state index in [9.17, 15) is 4.79 Å². The number of nitrogens with one attached hydrogen (secondary N) is 2. The van der Waals surface area contributed by atoms with E-state index in [4.69, 9.17) is 5.73 Å². The molecular weight excluding hydrogens is 192 g/mol. The van der Waals surface area contributed by atoms with E-state index in [1.54, 1.807) is 12.4 Å². The summed E-state index contributed by atoms with van der Waals surface area (Å²) in [5.74, 6) is 0.0141. The summed E-state index contributed by atoms with van der Waals surface area (Å²) in [5, 5.41) is 9.37. The van der Waals surface area contributed by atoms with Crippen molar-refractivity contribution >= 4 is 5.91 Å². The van der Waals surface area contributed by atoms with E-state index in [1.807, 2.05) is 20.8 Å². The Hall–Kier alpha value is -1.36. The molecule has 1 unspecified atom stereocenters. The molecule has 0 radical (unpaired) electrons. The van der Waals surface area contributed by atoms with Crippen molar-refractivity contribution < 1.29 is 4.79 Å². The molecule has 1 aromatic heterocycles. The standard InChI is InChI=1S/C10H18N4O/c1-6(2)9(11)10(15)14-7(3)8-4-12-13-5-8/h4-7,9H,11H2,1-3H3,(H,12,13)(H,14,15)/t7?,9-/m0/s1. The number of rotatable bonds is 4. The highest BCUT2D eigenvalue weighted by molar-refractivity contribution is 5.82. The minimum atomic E-state index is -0.459. The first-order chi connectivity index (χ1) is 7.02. The van der Waals surface area contributed by atoms with E-state index < -0.39 is 6.04 Å². The van der Waals surface area contributed by atoms with Gasteiger partial charge in [0, 0.05) is 11.8 Å². The Morgan fingerprint density at radius 2 is 2.20 bits per heavy atom. The number of hydrogen-bond donors (Lipinski definition) is 3. The van der Waals surface area contributed by atoms with Gasteiger partial charge in [0.1, 0.15) is 0 Å². The lowest BCUT2D eigenvalue weighted by Gasteiger charge is -2.18. The van der Waals surface area contributed by atoms with E-state index in [0.29, 0.717) is 0 Å². The molecule has 0 aromatic carbocycles. The molecule has 1 aromatic rings. The fraction of sp³-hybridized carbons (Fsp3) is 0.600. The van der Waals surface area contributed by atoms with Gasteiger partial charge in [0.05, 0.1) is 18.3 Å². The van der Waals surface area contributed by atoms with Gasteiger partial charge in [-0.15, -0.1) is 0 Å². The number of nitrogens with two attached hydrogens (primary N) is 1. The molecule has 5 nitrogen and oxygen atoms in total. The molecule has 1 rings (SSSR count). The second kappa shape index (κ2) is 4.93. The van der Waals surface area contributed by atoms with Gasteiger partial charge < -0.3 is 11.1 Å². The van der Waals surface area contributed by atoms with Crippen molar-refractivity contribution in [3.8, 4) is 0 Å². The third-order valence-corrected chi connectivity index (χ3v) is 2.40. The zero-order valence-corrected chi connectivity index (χ0v) is 9.32. The molecule has 2 atom stereocenters. The van der Waals surface area contributed by atoms with Crippen LogP contribution in [0.5, 0.6) is 0 Å². The van der Waals surface area contributed by atoms with Crippen LogP contribution in [0.1, 0.15) is 32.4 Å². The SMILES string of the molecule is CC(NC(=O)[C@@H](N)C(C)C)c1cn[nH]c1. The maximum Gasteiger partial charge on any atom is 0.237 e. The summed E-state index contributed by atoms with van der Waals surface area (Å²) < 4.78 is 0. The summed E-state index contributed by atoms with van der Waals surface area (Å²) >= 11 is 0. The second-order valence-corrected chi connectivity index (χ2v) is 4.03. The van der Waals surface area contributed by atoms with E-state index >= 15 is 0 Å². The number of H-pyrrole nitrogens is 1. The zero-order valence-electron chi connectivity index (χ0n) is 9.32. The third kappa shape index (κ3) is 3.06. The van der Waals surface area contributed by atoms with Crippen LogP contribution in [-0.2, 0) is 4.79 Å². The van der Waals surface area contributed by atoms with Crippen LogP contribution < -0.4 is 11.1 Å². The monoisotopic (exact) mass is 210 g/mol. The van der Waals surface area contributed by atoms with Crippen LogP contribution in [0.15, 0.2) is 12.4 Å². The first-order valence-corrected chi connectivity index (χ1v) is 5.07. The van der Waals surface area contributed by atoms with Crippen molar-refractivity contribution in [2.75, 3.05) is 0 Å². The highest BCUT2D eigenvalue weighted by Gasteiger charge is 2.19. The Morgan fingerprint density at radius 1 is 1.53 bits per heavy atom. The van der Waals surface area contributed by atoms with Crippen LogP contribution in [0.25, 0.3) is 0 Å². The average molecular weight is 210 g/mol. The summed E-state index contributed by atoms with van der Waals surface area (Å²) in [7, 11) is 0. The Morgan fingerprint density at radius 3 is 2.67 bits per heavy atom. The van der Waals surface area contributed by atoms with Gasteiger partial charge in [0.25, 0.3) is 0 Å². The van der Waals surface area contributed by atoms with E-state index in [-0.39, 0.29) is 17.9 Å². The molecule has 5 heteroatoms. The number of nitrogens with zero attached hydrogens (tertiary/aromatic N) is 1. The molecule has 0 fully saturated rings. The van der Waals surface area contributed by atoms with Gasteiger partial charge in [-0.25, -0.2) is 0 Å². The number of carbonyl (C=O) groups excluding carboxylic acids is 1. The minimum Gasteiger partial charge on any atom is -0.348 e. The Labute approximate surface area is 89.4 Å². The summed E-state index contributed by atoms with van der Waals surface area (Å²) in [4.78, 5) is 11.6. The van der Waals surface area contributed by atoms with Crippen molar-refractivity contribution in [3.05, 3.63) is 18.0 Å². The first-order valence-electron chi connectivity index (χ1n) is 5.07. The number of aromatic nitrogens is 2. The lowest BCUT2D eigenvalue weighted by molar-refractivity contribution is -0.123. The highest BCUT2D eigenvalue weighted by atomic mass is 16.2. The Balaban J connectivity index is 2.52. The van der Waals surface area contributed by atoms with Gasteiger partial charge in [-0.2, -0.15) is 5.10 Å². The van der Waals surface area contributed by atoms with Gasteiger partial charge in [-0.1, -0.05) is 13.8 Å². The lowest BCUT2D eigenvalue weighted by atomic mass is 10.0. The molecule has 4 N–H and O–H groups in total. The fourth-order valence-corrected chi connectivity index (χ4v) is 1.19. The molecule has 0 aliphatic carbocycles. The van der Waals surface area contributed by atoms with Crippen LogP contribution >= 0.6 is 0 Å². The molecule has 84 valence electrons. The van der Waals surface area contributed by atoms with Gasteiger partial charge in [-0.3, -0.25) is 9.89 Å². The van der Waals surface area contributed by atoms with Gasteiger partial charge in [0.15, 0.2) is 0 Å². The van der Waals surface area contributed by atoms with Crippen molar-refractivity contribution in [1.82, 2.24) is 15.5 Å². The molecule has 0 bridgehead atoms. The Kier molecular flexibility index (Phi) is 3.85. The van der Waals surface area contributed by atoms with Crippen molar-refractivity contribution in [1.29, 1.82) is 0 Å². The molecule has 0 spiro atoms. The zero-order chi connectivity index (χ0) is 11.4. The topological polar surface area (TPSA) is 83.8 Å². The largest absolute Gasteiger partial charge is 0.348 e. The van der Waals surface area contributed by atoms with Crippen molar-refractivity contribution in [2.45, 2.75) is 32.9 Å². The second-order valence-electron chi connectivity index (χ2n) is 4.03. The predicted molar refractivity (Wildman–Crippen MR) is 58.0 cm³/mol. The van der Waals surface area contributed by atoms with Crippen molar-refractivity contribution in [3.63, 3.8) is 0 Å². The highest BCUT2D eigenvalue weighted by Crippen LogP contribution is 2.09. The molecule has 0 aliphatic heterocycles. The van der Waals surface area contributed by atoms with E-state index in [0.717, 1.165) is 5.56 Å². The number of carbonyl (C=O) groups is 1. The molecule has 15 heavy (non-hydrogen) atoms. The van der Waals surface area contributed by atoms with E-state index in [2.05, 4.69) is 15.5 Å². The summed E-state index contributed by atoms with van der Waals surface area (Å²) in [6.07, 6.45) is 3.44. The molecule has 0 saturated carbocycles. The van der Waals surface area contributed by atoms with Crippen LogP contribution in [-0.4, -0.2) is 22.1 Å². The first kappa shape index (κ1) is 11.7. The Bertz CT molecular complexity index is 307. The van der Waals surface area contributed by atoms with Gasteiger partial charge >= 0.3 is 0 Å². The molecule has 1 amide bonds. The lowest BCUT2D eigenvalue weighted by Crippen LogP contribution is -2.44. The normalized spacial score (nSPS) is 15.0. The molecule has 1 heterocycles. The summed E-state index contributed by atoms with van der Waals surface area (Å²) in [6, 6.07) is -0.527. The van der Waals surface area contributed by atoms with Crippen LogP contribution in [0, 0.1) is 5.92 Å². The van der Waals surface area contributed by atoms with Crippen LogP contribution in [0.3, 0.4) is 0 Å². The third-order valence-electron chi connectivity index (χ3n) is 2.40. The van der Waals surface area contributed by atoms with Crippen LogP contribution in [0.4, 0.5) is 0 Å². The molecule has 0 aliphatic rings. The quantitative estimate of drug-likeness (QED) is 0.679. The van der Waals surface area contributed by atoms with E-state index in [1.165, 1.54) is 0 Å². The fourth-order valence-electron chi connectivity index (χ4n) is 1.19. The predicted octanol–water partition coefficient (Wildman–Crippen LogP) is 0.570. The average Bonchev–Trinajstić information content (AvgIpc) is 2.68. The number of amides is 1. The molecular formula is C10H18N4O. The summed E-state index contributed by atoms with van der Waals surface area (Å²) in [6.45, 7) is 5.75. The maximum atomic E-state index is 11.6. The summed E-state index contributed by atoms with van der Waals surface area (Å²) in [5.41, 5.74) is 6.67. The van der Waals surface area contributed by atoms with Crippen molar-refractivity contribution in [2.24, 2.45) is 11.7 Å². The van der Waals surface area contributed by atoms with Gasteiger partial charge in [-0.05, 0) is 12.8 Å². The smallest absolute Gasteiger partial charge is 0.237 e. The number of aromatic amines is 1. The number of hydrogen-bond acceptors (Lipinski definition) is 3. The molecule has 0 saturated heterocycles.